The van der Waals surface area contributed by atoms with Gasteiger partial charge in [-0.25, -0.2) is 0 Å². The highest BCUT2D eigenvalue weighted by Crippen LogP contribution is 2.26. The number of carbonyl (C=O) groups is 1. The number of amides is 1. The van der Waals surface area contributed by atoms with E-state index in [1.165, 1.54) is 0 Å². The number of hydrogen-bond acceptors (Lipinski definition) is 4. The lowest BCUT2D eigenvalue weighted by Gasteiger charge is -2.08. The van der Waals surface area contributed by atoms with Gasteiger partial charge in [0.25, 0.3) is 5.91 Å². The minimum Gasteiger partial charge on any atom is -0.497 e. The second kappa shape index (κ2) is 7.09. The van der Waals surface area contributed by atoms with Gasteiger partial charge in [0.05, 0.1) is 25.6 Å². The molecule has 0 atom stereocenters. The van der Waals surface area contributed by atoms with E-state index in [1.807, 2.05) is 36.4 Å². The Balaban J connectivity index is 1.87. The zero-order valence-corrected chi connectivity index (χ0v) is 14.3. The van der Waals surface area contributed by atoms with Crippen molar-refractivity contribution < 1.29 is 14.3 Å². The first-order valence-corrected chi connectivity index (χ1v) is 7.75. The van der Waals surface area contributed by atoms with E-state index in [0.29, 0.717) is 17.1 Å². The van der Waals surface area contributed by atoms with Gasteiger partial charge in [-0.05, 0) is 30.3 Å². The van der Waals surface area contributed by atoms with E-state index in [9.17, 15) is 4.79 Å². The molecule has 0 spiro atoms. The molecule has 0 aliphatic heterocycles. The van der Waals surface area contributed by atoms with Crippen LogP contribution in [0.2, 0.25) is 0 Å². The lowest BCUT2D eigenvalue weighted by Crippen LogP contribution is -2.13. The van der Waals surface area contributed by atoms with Crippen molar-refractivity contribution in [2.45, 2.75) is 0 Å². The van der Waals surface area contributed by atoms with Crippen molar-refractivity contribution in [1.29, 1.82) is 0 Å². The van der Waals surface area contributed by atoms with E-state index in [-0.39, 0.29) is 5.91 Å². The average molecular weight is 337 g/mol. The second-order valence-corrected chi connectivity index (χ2v) is 5.42. The van der Waals surface area contributed by atoms with E-state index in [4.69, 9.17) is 9.47 Å². The number of methoxy groups -OCH3 is 2. The maximum absolute atomic E-state index is 12.5. The van der Waals surface area contributed by atoms with Crippen LogP contribution in [0.15, 0.2) is 54.6 Å². The normalized spacial score (nSPS) is 10.4. The Bertz CT molecular complexity index is 902. The molecule has 6 heteroatoms. The van der Waals surface area contributed by atoms with Gasteiger partial charge in [0, 0.05) is 12.6 Å². The van der Waals surface area contributed by atoms with E-state index in [1.54, 1.807) is 44.1 Å². The minimum atomic E-state index is -0.297. The zero-order chi connectivity index (χ0) is 17.8. The molecule has 1 heterocycles. The largest absolute Gasteiger partial charge is 0.497 e. The molecule has 1 amide bonds. The predicted octanol–water partition coefficient (Wildman–Crippen LogP) is 3.36. The lowest BCUT2D eigenvalue weighted by atomic mass is 10.1. The summed E-state index contributed by atoms with van der Waals surface area (Å²) in [6, 6.07) is 16.6. The summed E-state index contributed by atoms with van der Waals surface area (Å²) in [4.78, 5) is 12.5. The lowest BCUT2D eigenvalue weighted by molar-refractivity contribution is 0.102. The first-order chi connectivity index (χ1) is 12.1. The van der Waals surface area contributed by atoms with Crippen LogP contribution >= 0.6 is 0 Å². The Labute approximate surface area is 146 Å². The van der Waals surface area contributed by atoms with Crippen molar-refractivity contribution in [1.82, 2.24) is 9.78 Å². The van der Waals surface area contributed by atoms with Crippen LogP contribution in [0.25, 0.3) is 11.3 Å². The van der Waals surface area contributed by atoms with E-state index >= 15 is 0 Å². The number of rotatable bonds is 5. The minimum absolute atomic E-state index is 0.297. The molecule has 0 aliphatic rings. The number of para-hydroxylation sites is 2. The summed E-state index contributed by atoms with van der Waals surface area (Å²) in [5.41, 5.74) is 2.67. The number of nitrogens with one attached hydrogen (secondary N) is 1. The van der Waals surface area contributed by atoms with Gasteiger partial charge in [0.15, 0.2) is 5.69 Å². The van der Waals surface area contributed by atoms with Crippen molar-refractivity contribution in [3.63, 3.8) is 0 Å². The Morgan fingerprint density at radius 3 is 2.60 bits per heavy atom. The molecule has 6 nitrogen and oxygen atoms in total. The van der Waals surface area contributed by atoms with Crippen LogP contribution in [0, 0.1) is 0 Å². The summed E-state index contributed by atoms with van der Waals surface area (Å²) >= 11 is 0. The summed E-state index contributed by atoms with van der Waals surface area (Å²) in [5, 5.41) is 7.14. The van der Waals surface area contributed by atoms with Crippen molar-refractivity contribution >= 4 is 11.6 Å². The Kier molecular flexibility index (Phi) is 4.70. The number of nitrogens with zero attached hydrogens (tertiary/aromatic N) is 2. The third-order valence-electron chi connectivity index (χ3n) is 3.83. The highest BCUT2D eigenvalue weighted by atomic mass is 16.5. The molecule has 0 saturated heterocycles. The number of benzene rings is 2. The van der Waals surface area contributed by atoms with Crippen LogP contribution < -0.4 is 14.8 Å². The van der Waals surface area contributed by atoms with Gasteiger partial charge in [-0.3, -0.25) is 9.48 Å². The summed E-state index contributed by atoms with van der Waals surface area (Å²) in [7, 11) is 4.98. The van der Waals surface area contributed by atoms with Gasteiger partial charge in [0.2, 0.25) is 0 Å². The fraction of sp³-hybridized carbons (Fsp3) is 0.158. The molecule has 0 saturated carbocycles. The van der Waals surface area contributed by atoms with Gasteiger partial charge in [-0.1, -0.05) is 24.3 Å². The predicted molar refractivity (Wildman–Crippen MR) is 96.1 cm³/mol. The first kappa shape index (κ1) is 16.6. The fourth-order valence-corrected chi connectivity index (χ4v) is 2.57. The Hall–Kier alpha value is -3.28. The first-order valence-electron chi connectivity index (χ1n) is 7.75. The molecule has 0 radical (unpaired) electrons. The molecule has 1 N–H and O–H groups in total. The van der Waals surface area contributed by atoms with Crippen LogP contribution in [0.3, 0.4) is 0 Å². The van der Waals surface area contributed by atoms with Crippen molar-refractivity contribution in [2.24, 2.45) is 7.05 Å². The molecule has 25 heavy (non-hydrogen) atoms. The number of hydrogen-bond donors (Lipinski definition) is 1. The van der Waals surface area contributed by atoms with E-state index in [2.05, 4.69) is 10.4 Å². The monoisotopic (exact) mass is 337 g/mol. The topological polar surface area (TPSA) is 65.4 Å². The number of aromatic nitrogens is 2. The second-order valence-electron chi connectivity index (χ2n) is 5.42. The molecule has 0 unspecified atom stereocenters. The Morgan fingerprint density at radius 1 is 1.04 bits per heavy atom. The summed E-state index contributed by atoms with van der Waals surface area (Å²) in [5.74, 6) is 1.05. The molecule has 3 aromatic rings. The highest BCUT2D eigenvalue weighted by Gasteiger charge is 2.16. The molecular weight excluding hydrogens is 318 g/mol. The molecule has 0 bridgehead atoms. The van der Waals surface area contributed by atoms with Crippen molar-refractivity contribution in [3.05, 3.63) is 60.3 Å². The smallest absolute Gasteiger partial charge is 0.276 e. The average Bonchev–Trinajstić information content (AvgIpc) is 3.04. The molecule has 1 aromatic heterocycles. The van der Waals surface area contributed by atoms with E-state index in [0.717, 1.165) is 17.0 Å². The van der Waals surface area contributed by atoms with Crippen LogP contribution in [0.5, 0.6) is 11.5 Å². The molecule has 0 aliphatic carbocycles. The number of aryl methyl sites for hydroxylation is 1. The van der Waals surface area contributed by atoms with Crippen LogP contribution in [-0.4, -0.2) is 29.9 Å². The fourth-order valence-electron chi connectivity index (χ4n) is 2.57. The molecule has 3 rings (SSSR count). The van der Waals surface area contributed by atoms with E-state index < -0.39 is 0 Å². The van der Waals surface area contributed by atoms with Gasteiger partial charge in [-0.2, -0.15) is 5.10 Å². The van der Waals surface area contributed by atoms with Gasteiger partial charge in [-0.15, -0.1) is 0 Å². The maximum Gasteiger partial charge on any atom is 0.276 e. The van der Waals surface area contributed by atoms with Crippen LogP contribution in [-0.2, 0) is 7.05 Å². The molecule has 0 fully saturated rings. The van der Waals surface area contributed by atoms with Gasteiger partial charge in [0.1, 0.15) is 11.5 Å². The molecule has 2 aromatic carbocycles. The third-order valence-corrected chi connectivity index (χ3v) is 3.83. The SMILES string of the molecule is COc1cccc(-c2cc(C(=O)Nc3ccccc3OC)nn2C)c1. The summed E-state index contributed by atoms with van der Waals surface area (Å²) in [6.45, 7) is 0. The standard InChI is InChI=1S/C19H19N3O3/c1-22-17(13-7-6-8-14(11-13)24-2)12-16(21-22)19(23)20-15-9-4-5-10-18(15)25-3/h4-12H,1-3H3,(H,20,23). The van der Waals surface area contributed by atoms with Crippen LogP contribution in [0.4, 0.5) is 5.69 Å². The number of ether oxygens (including phenoxy) is 2. The zero-order valence-electron chi connectivity index (χ0n) is 14.3. The van der Waals surface area contributed by atoms with Gasteiger partial charge >= 0.3 is 0 Å². The van der Waals surface area contributed by atoms with Crippen molar-refractivity contribution in [2.75, 3.05) is 19.5 Å². The van der Waals surface area contributed by atoms with Crippen LogP contribution in [0.1, 0.15) is 10.5 Å². The quantitative estimate of drug-likeness (QED) is 0.775. The summed E-state index contributed by atoms with van der Waals surface area (Å²) in [6.07, 6.45) is 0. The number of carbonyl (C=O) groups excluding carboxylic acids is 1. The third kappa shape index (κ3) is 3.47. The molecular formula is C19H19N3O3. The number of anilines is 1. The summed E-state index contributed by atoms with van der Waals surface area (Å²) < 4.78 is 12.2. The highest BCUT2D eigenvalue weighted by molar-refractivity contribution is 6.04. The van der Waals surface area contributed by atoms with Crippen molar-refractivity contribution in [3.8, 4) is 22.8 Å². The molecule has 128 valence electrons. The van der Waals surface area contributed by atoms with Gasteiger partial charge < -0.3 is 14.8 Å². The Morgan fingerprint density at radius 2 is 1.84 bits per heavy atom. The maximum atomic E-state index is 12.5.